The van der Waals surface area contributed by atoms with Gasteiger partial charge in [0.2, 0.25) is 0 Å². The zero-order valence-corrected chi connectivity index (χ0v) is 11.1. The molecule has 2 rings (SSSR count). The normalized spacial score (nSPS) is 18.6. The number of nitrogens with zero attached hydrogens (tertiary/aromatic N) is 2. The van der Waals surface area contributed by atoms with E-state index in [4.69, 9.17) is 0 Å². The number of unbranched alkanes of at least 4 members (excludes halogenated alkanes) is 1. The Balaban J connectivity index is 2.17. The van der Waals surface area contributed by atoms with Crippen molar-refractivity contribution in [3.05, 3.63) is 35.2 Å². The predicted octanol–water partition coefficient (Wildman–Crippen LogP) is 3.56. The van der Waals surface area contributed by atoms with Crippen molar-refractivity contribution >= 4 is 12.0 Å². The number of hydrogen-bond acceptors (Lipinski definition) is 3. The molecule has 2 heterocycles. The highest BCUT2D eigenvalue weighted by molar-refractivity contribution is 5.95. The van der Waals surface area contributed by atoms with Crippen LogP contribution in [0, 0.1) is 0 Å². The molecule has 0 aromatic carbocycles. The summed E-state index contributed by atoms with van der Waals surface area (Å²) < 4.78 is 0. The molecule has 96 valence electrons. The van der Waals surface area contributed by atoms with E-state index in [-0.39, 0.29) is 5.78 Å². The van der Waals surface area contributed by atoms with E-state index in [1.807, 2.05) is 17.3 Å². The minimum Gasteiger partial charge on any atom is -0.294 e. The fourth-order valence-electron chi connectivity index (χ4n) is 2.20. The average molecular weight is 244 g/mol. The molecule has 3 heteroatoms. The third-order valence-corrected chi connectivity index (χ3v) is 3.38. The van der Waals surface area contributed by atoms with E-state index in [1.165, 1.54) is 5.57 Å². The molecule has 0 aromatic rings. The maximum atomic E-state index is 12.1. The van der Waals surface area contributed by atoms with Crippen LogP contribution in [0.2, 0.25) is 0 Å². The number of Topliss-reactive ketones (excluding diaryl/α,β-unsaturated/α-hetero) is 1. The summed E-state index contributed by atoms with van der Waals surface area (Å²) in [5.74, 6) is 0.274. The van der Waals surface area contributed by atoms with Crippen molar-refractivity contribution in [1.82, 2.24) is 5.01 Å². The van der Waals surface area contributed by atoms with Crippen molar-refractivity contribution in [2.45, 2.75) is 46.0 Å². The molecule has 0 fully saturated rings. The third kappa shape index (κ3) is 2.78. The topological polar surface area (TPSA) is 32.7 Å². The van der Waals surface area contributed by atoms with Gasteiger partial charge >= 0.3 is 0 Å². The molecule has 0 saturated heterocycles. The molecule has 0 N–H and O–H groups in total. The van der Waals surface area contributed by atoms with Gasteiger partial charge in [0.05, 0.1) is 5.70 Å². The summed E-state index contributed by atoms with van der Waals surface area (Å²) in [6, 6.07) is 0. The second-order valence-electron chi connectivity index (χ2n) is 4.81. The van der Waals surface area contributed by atoms with E-state index >= 15 is 0 Å². The number of carbonyl (C=O) groups excluding carboxylic acids is 1. The average Bonchev–Trinajstić information content (AvgIpc) is 2.56. The van der Waals surface area contributed by atoms with Crippen LogP contribution in [0.25, 0.3) is 0 Å². The Kier molecular flexibility index (Phi) is 4.13. The van der Waals surface area contributed by atoms with Crippen LogP contribution in [0.1, 0.15) is 46.0 Å². The van der Waals surface area contributed by atoms with Crippen LogP contribution in [-0.4, -0.2) is 17.0 Å². The first kappa shape index (κ1) is 12.8. The molecule has 0 aliphatic carbocycles. The summed E-state index contributed by atoms with van der Waals surface area (Å²) in [6.07, 6.45) is 12.1. The van der Waals surface area contributed by atoms with Crippen LogP contribution in [0.5, 0.6) is 0 Å². The van der Waals surface area contributed by atoms with E-state index in [2.05, 4.69) is 25.0 Å². The number of ketones is 1. The molecule has 0 radical (unpaired) electrons. The maximum absolute atomic E-state index is 12.1. The summed E-state index contributed by atoms with van der Waals surface area (Å²) >= 11 is 0. The smallest absolute Gasteiger partial charge is 0.160 e. The highest BCUT2D eigenvalue weighted by Gasteiger charge is 2.18. The van der Waals surface area contributed by atoms with Gasteiger partial charge in [-0.15, -0.1) is 0 Å². The minimum atomic E-state index is 0.274. The first-order chi connectivity index (χ1) is 8.72. The molecule has 0 amide bonds. The first-order valence-electron chi connectivity index (χ1n) is 6.66. The van der Waals surface area contributed by atoms with Gasteiger partial charge in [0.1, 0.15) is 0 Å². The number of hydrogen-bond donors (Lipinski definition) is 0. The van der Waals surface area contributed by atoms with Crippen LogP contribution in [0.15, 0.2) is 40.3 Å². The van der Waals surface area contributed by atoms with Crippen molar-refractivity contribution in [3.8, 4) is 0 Å². The number of allylic oxidation sites excluding steroid dienone is 4. The number of hydrazone groups is 1. The number of carbonyl (C=O) groups is 1. The monoisotopic (exact) mass is 244 g/mol. The summed E-state index contributed by atoms with van der Waals surface area (Å²) in [5, 5.41) is 6.14. The van der Waals surface area contributed by atoms with Gasteiger partial charge in [-0.25, -0.2) is 5.01 Å². The molecule has 0 unspecified atom stereocenters. The molecule has 0 bridgehead atoms. The van der Waals surface area contributed by atoms with Crippen LogP contribution >= 0.6 is 0 Å². The standard InChI is InChI=1S/C15H20N2O/c1-3-4-7-15(18)13-9-8-12(2)14-6-5-10-16-17(14)11-13/h5-6,10-11H,3-4,7-9H2,1-2H3. The molecule has 3 nitrogen and oxygen atoms in total. The van der Waals surface area contributed by atoms with Gasteiger partial charge in [-0.05, 0) is 43.9 Å². The van der Waals surface area contributed by atoms with Crippen molar-refractivity contribution in [3.63, 3.8) is 0 Å². The Morgan fingerprint density at radius 3 is 3.06 bits per heavy atom. The van der Waals surface area contributed by atoms with Crippen molar-refractivity contribution in [2.24, 2.45) is 5.10 Å². The van der Waals surface area contributed by atoms with Gasteiger partial charge in [-0.1, -0.05) is 13.3 Å². The van der Waals surface area contributed by atoms with Crippen LogP contribution in [0.4, 0.5) is 0 Å². The van der Waals surface area contributed by atoms with Crippen LogP contribution in [-0.2, 0) is 4.79 Å². The highest BCUT2D eigenvalue weighted by atomic mass is 16.1. The molecule has 0 spiro atoms. The molecule has 2 aliphatic heterocycles. The second-order valence-corrected chi connectivity index (χ2v) is 4.81. The fourth-order valence-corrected chi connectivity index (χ4v) is 2.20. The Hall–Kier alpha value is -1.64. The maximum Gasteiger partial charge on any atom is 0.160 e. The summed E-state index contributed by atoms with van der Waals surface area (Å²) in [5.41, 5.74) is 3.30. The first-order valence-corrected chi connectivity index (χ1v) is 6.66. The zero-order chi connectivity index (χ0) is 13.0. The Labute approximate surface area is 109 Å². The Morgan fingerprint density at radius 2 is 2.28 bits per heavy atom. The van der Waals surface area contributed by atoms with E-state index in [9.17, 15) is 4.79 Å². The molecule has 2 aliphatic rings. The highest BCUT2D eigenvalue weighted by Crippen LogP contribution is 2.27. The fraction of sp³-hybridized carbons (Fsp3) is 0.467. The van der Waals surface area contributed by atoms with Gasteiger partial charge < -0.3 is 0 Å². The SMILES string of the molecule is CCCCC(=O)C1=CN2N=CC=CC2=C(C)CC1. The molecule has 18 heavy (non-hydrogen) atoms. The van der Waals surface area contributed by atoms with Gasteiger partial charge in [-0.2, -0.15) is 5.10 Å². The van der Waals surface area contributed by atoms with Gasteiger partial charge in [0, 0.05) is 24.4 Å². The third-order valence-electron chi connectivity index (χ3n) is 3.38. The number of fused-ring (bicyclic) bond motifs is 1. The lowest BCUT2D eigenvalue weighted by molar-refractivity contribution is -0.115. The lowest BCUT2D eigenvalue weighted by Crippen LogP contribution is -2.13. The van der Waals surface area contributed by atoms with Gasteiger partial charge in [-0.3, -0.25) is 4.79 Å². The van der Waals surface area contributed by atoms with Crippen LogP contribution in [0.3, 0.4) is 0 Å². The van der Waals surface area contributed by atoms with Crippen molar-refractivity contribution < 1.29 is 4.79 Å². The summed E-state index contributed by atoms with van der Waals surface area (Å²) in [6.45, 7) is 4.22. The molecular formula is C15H20N2O. The van der Waals surface area contributed by atoms with E-state index < -0.39 is 0 Å². The summed E-state index contributed by atoms with van der Waals surface area (Å²) in [4.78, 5) is 12.1. The lowest BCUT2D eigenvalue weighted by atomic mass is 10.0. The van der Waals surface area contributed by atoms with Crippen molar-refractivity contribution in [1.29, 1.82) is 0 Å². The largest absolute Gasteiger partial charge is 0.294 e. The molecule has 0 atom stereocenters. The Morgan fingerprint density at radius 1 is 1.44 bits per heavy atom. The lowest BCUT2D eigenvalue weighted by Gasteiger charge is -2.19. The van der Waals surface area contributed by atoms with E-state index in [1.54, 1.807) is 6.21 Å². The predicted molar refractivity (Wildman–Crippen MR) is 74.0 cm³/mol. The molecule has 0 saturated carbocycles. The minimum absolute atomic E-state index is 0.274. The van der Waals surface area contributed by atoms with Crippen LogP contribution < -0.4 is 0 Å². The summed E-state index contributed by atoms with van der Waals surface area (Å²) in [7, 11) is 0. The quantitative estimate of drug-likeness (QED) is 0.757. The van der Waals surface area contributed by atoms with E-state index in [0.717, 1.165) is 37.0 Å². The zero-order valence-electron chi connectivity index (χ0n) is 11.1. The van der Waals surface area contributed by atoms with Gasteiger partial charge in [0.15, 0.2) is 5.78 Å². The molecule has 0 aromatic heterocycles. The second kappa shape index (κ2) is 5.80. The van der Waals surface area contributed by atoms with E-state index in [0.29, 0.717) is 6.42 Å². The number of rotatable bonds is 4. The van der Waals surface area contributed by atoms with Crippen molar-refractivity contribution in [2.75, 3.05) is 0 Å². The Bertz CT molecular complexity index is 455. The van der Waals surface area contributed by atoms with Gasteiger partial charge in [0.25, 0.3) is 0 Å². The molecular weight excluding hydrogens is 224 g/mol.